The molecule has 3 rings (SSSR count). The molecule has 0 atom stereocenters. The largest absolute Gasteiger partial charge is 0.482 e. The summed E-state index contributed by atoms with van der Waals surface area (Å²) in [6.07, 6.45) is 0.787. The highest BCUT2D eigenvalue weighted by Gasteiger charge is 2.17. The Morgan fingerprint density at radius 3 is 2.19 bits per heavy atom. The quantitative estimate of drug-likeness (QED) is 0.332. The summed E-state index contributed by atoms with van der Waals surface area (Å²) < 4.78 is 21.8. The average Bonchev–Trinajstić information content (AvgIpc) is 2.72. The topological polar surface area (TPSA) is 54.0 Å². The van der Waals surface area contributed by atoms with E-state index in [9.17, 15) is 4.79 Å². The molecular weight excluding hydrogens is 404 g/mol. The van der Waals surface area contributed by atoms with Crippen LogP contribution in [0.3, 0.4) is 0 Å². The summed E-state index contributed by atoms with van der Waals surface area (Å²) in [6.45, 7) is 9.77. The van der Waals surface area contributed by atoms with Crippen molar-refractivity contribution in [1.82, 2.24) is 0 Å². The second kappa shape index (κ2) is 10.0. The maximum atomic E-state index is 12.0. The number of hydrogen-bond donors (Lipinski definition) is 0. The molecule has 32 heavy (non-hydrogen) atoms. The molecule has 0 saturated carbocycles. The van der Waals surface area contributed by atoms with Gasteiger partial charge in [-0.25, -0.2) is 4.79 Å². The van der Waals surface area contributed by atoms with E-state index in [0.717, 1.165) is 34.1 Å². The van der Waals surface area contributed by atoms with Gasteiger partial charge in [0.25, 0.3) is 0 Å². The Morgan fingerprint density at radius 2 is 1.56 bits per heavy atom. The SMILES string of the molecule is COCOc1ccc(Cc2c(C)cc(OCC(=O)OC(C)(C)C)cc2C)c2ccccc12. The van der Waals surface area contributed by atoms with Crippen molar-refractivity contribution in [3.63, 3.8) is 0 Å². The molecular formula is C27H32O5. The van der Waals surface area contributed by atoms with E-state index in [-0.39, 0.29) is 19.4 Å². The van der Waals surface area contributed by atoms with Crippen molar-refractivity contribution in [1.29, 1.82) is 0 Å². The van der Waals surface area contributed by atoms with Crippen molar-refractivity contribution < 1.29 is 23.7 Å². The fourth-order valence-electron chi connectivity index (χ4n) is 3.76. The molecule has 0 N–H and O–H groups in total. The van der Waals surface area contributed by atoms with Crippen LogP contribution in [0.15, 0.2) is 48.5 Å². The Bertz CT molecular complexity index is 1070. The van der Waals surface area contributed by atoms with E-state index in [2.05, 4.69) is 32.0 Å². The van der Waals surface area contributed by atoms with Gasteiger partial charge >= 0.3 is 5.97 Å². The van der Waals surface area contributed by atoms with Gasteiger partial charge in [-0.3, -0.25) is 0 Å². The normalized spacial score (nSPS) is 11.4. The van der Waals surface area contributed by atoms with Gasteiger partial charge < -0.3 is 18.9 Å². The highest BCUT2D eigenvalue weighted by Crippen LogP contribution is 2.32. The van der Waals surface area contributed by atoms with E-state index < -0.39 is 5.60 Å². The average molecular weight is 437 g/mol. The van der Waals surface area contributed by atoms with E-state index >= 15 is 0 Å². The number of aryl methyl sites for hydroxylation is 2. The fraction of sp³-hybridized carbons (Fsp3) is 0.370. The van der Waals surface area contributed by atoms with Crippen LogP contribution in [0.25, 0.3) is 10.8 Å². The predicted octanol–water partition coefficient (Wildman–Crippen LogP) is 5.75. The first-order valence-electron chi connectivity index (χ1n) is 10.7. The zero-order valence-corrected chi connectivity index (χ0v) is 19.8. The summed E-state index contributed by atoms with van der Waals surface area (Å²) in [4.78, 5) is 12.0. The zero-order valence-electron chi connectivity index (χ0n) is 19.8. The van der Waals surface area contributed by atoms with Crippen LogP contribution in [-0.2, 0) is 20.7 Å². The molecule has 0 bridgehead atoms. The number of carbonyl (C=O) groups excluding carboxylic acids is 1. The van der Waals surface area contributed by atoms with Gasteiger partial charge in [0.15, 0.2) is 13.4 Å². The van der Waals surface area contributed by atoms with Crippen LogP contribution in [0, 0.1) is 13.8 Å². The number of fused-ring (bicyclic) bond motifs is 1. The van der Waals surface area contributed by atoms with Crippen molar-refractivity contribution in [2.24, 2.45) is 0 Å². The minimum Gasteiger partial charge on any atom is -0.482 e. The number of ether oxygens (including phenoxy) is 4. The fourth-order valence-corrected chi connectivity index (χ4v) is 3.76. The number of rotatable bonds is 8. The lowest BCUT2D eigenvalue weighted by atomic mass is 9.92. The Balaban J connectivity index is 1.81. The third-order valence-electron chi connectivity index (χ3n) is 5.12. The summed E-state index contributed by atoms with van der Waals surface area (Å²) in [5.74, 6) is 1.10. The minimum absolute atomic E-state index is 0.108. The van der Waals surface area contributed by atoms with Crippen LogP contribution in [0.2, 0.25) is 0 Å². The first-order valence-corrected chi connectivity index (χ1v) is 10.7. The molecule has 0 aliphatic rings. The summed E-state index contributed by atoms with van der Waals surface area (Å²) in [5, 5.41) is 2.22. The zero-order chi connectivity index (χ0) is 23.3. The molecule has 0 heterocycles. The molecule has 5 nitrogen and oxygen atoms in total. The number of benzene rings is 3. The first kappa shape index (κ1) is 23.6. The Labute approximate surface area is 190 Å². The molecule has 0 aliphatic carbocycles. The van der Waals surface area contributed by atoms with Crippen molar-refractivity contribution >= 4 is 16.7 Å². The lowest BCUT2D eigenvalue weighted by Gasteiger charge is -2.20. The highest BCUT2D eigenvalue weighted by molar-refractivity contribution is 5.91. The van der Waals surface area contributed by atoms with Crippen molar-refractivity contribution in [2.75, 3.05) is 20.5 Å². The number of esters is 1. The van der Waals surface area contributed by atoms with Crippen LogP contribution in [0.5, 0.6) is 11.5 Å². The lowest BCUT2D eigenvalue weighted by molar-refractivity contribution is -0.157. The van der Waals surface area contributed by atoms with E-state index in [4.69, 9.17) is 18.9 Å². The van der Waals surface area contributed by atoms with Gasteiger partial charge in [0.05, 0.1) is 0 Å². The molecule has 0 aliphatic heterocycles. The maximum Gasteiger partial charge on any atom is 0.344 e. The van der Waals surface area contributed by atoms with Gasteiger partial charge in [-0.1, -0.05) is 30.3 Å². The van der Waals surface area contributed by atoms with Gasteiger partial charge in [0, 0.05) is 12.5 Å². The number of hydrogen-bond acceptors (Lipinski definition) is 5. The summed E-state index contributed by atoms with van der Waals surface area (Å²) in [5.41, 5.74) is 4.17. The van der Waals surface area contributed by atoms with E-state index in [1.54, 1.807) is 7.11 Å². The summed E-state index contributed by atoms with van der Waals surface area (Å²) >= 11 is 0. The number of methoxy groups -OCH3 is 1. The van der Waals surface area contributed by atoms with Gasteiger partial charge in [0.2, 0.25) is 0 Å². The molecule has 3 aromatic carbocycles. The van der Waals surface area contributed by atoms with Crippen LogP contribution in [0.1, 0.15) is 43.0 Å². The van der Waals surface area contributed by atoms with Gasteiger partial charge in [-0.05, 0) is 86.9 Å². The standard InChI is InChI=1S/C27H32O5/c1-18-13-21(30-16-26(28)32-27(3,4)5)14-19(2)24(18)15-20-11-12-25(31-17-29-6)23-10-8-7-9-22(20)23/h7-14H,15-17H2,1-6H3. The van der Waals surface area contributed by atoms with Crippen molar-refractivity contribution in [2.45, 2.75) is 46.6 Å². The molecule has 0 spiro atoms. The molecule has 3 aromatic rings. The predicted molar refractivity (Wildman–Crippen MR) is 127 cm³/mol. The third-order valence-corrected chi connectivity index (χ3v) is 5.12. The second-order valence-electron chi connectivity index (χ2n) is 8.91. The van der Waals surface area contributed by atoms with Crippen molar-refractivity contribution in [3.8, 4) is 11.5 Å². The monoisotopic (exact) mass is 436 g/mol. The number of carbonyl (C=O) groups is 1. The molecule has 0 unspecified atom stereocenters. The van der Waals surface area contributed by atoms with Crippen LogP contribution in [-0.4, -0.2) is 32.1 Å². The summed E-state index contributed by atoms with van der Waals surface area (Å²) in [6, 6.07) is 16.3. The van der Waals surface area contributed by atoms with Crippen molar-refractivity contribution in [3.05, 3.63) is 70.8 Å². The Kier molecular flexibility index (Phi) is 7.41. The molecule has 0 fully saturated rings. The second-order valence-corrected chi connectivity index (χ2v) is 8.91. The molecule has 5 heteroatoms. The van der Waals surface area contributed by atoms with E-state index in [0.29, 0.717) is 5.75 Å². The smallest absolute Gasteiger partial charge is 0.344 e. The van der Waals surface area contributed by atoms with Crippen LogP contribution in [0.4, 0.5) is 0 Å². The van der Waals surface area contributed by atoms with Crippen LogP contribution < -0.4 is 9.47 Å². The highest BCUT2D eigenvalue weighted by atomic mass is 16.7. The maximum absolute atomic E-state index is 12.0. The van der Waals surface area contributed by atoms with Gasteiger partial charge in [-0.15, -0.1) is 0 Å². The molecule has 0 radical (unpaired) electrons. The Morgan fingerprint density at radius 1 is 0.906 bits per heavy atom. The van der Waals surface area contributed by atoms with Gasteiger partial charge in [-0.2, -0.15) is 0 Å². The lowest BCUT2D eigenvalue weighted by Crippen LogP contribution is -2.27. The third kappa shape index (κ3) is 6.01. The van der Waals surface area contributed by atoms with E-state index in [1.165, 1.54) is 11.1 Å². The van der Waals surface area contributed by atoms with Crippen LogP contribution >= 0.6 is 0 Å². The summed E-state index contributed by atoms with van der Waals surface area (Å²) in [7, 11) is 1.61. The minimum atomic E-state index is -0.525. The van der Waals surface area contributed by atoms with Gasteiger partial charge in [0.1, 0.15) is 17.1 Å². The first-order chi connectivity index (χ1) is 15.2. The van der Waals surface area contributed by atoms with E-state index in [1.807, 2.05) is 51.1 Å². The molecule has 0 amide bonds. The molecule has 170 valence electrons. The molecule has 0 aromatic heterocycles. The molecule has 0 saturated heterocycles. The Hall–Kier alpha value is -3.05.